The summed E-state index contributed by atoms with van der Waals surface area (Å²) in [7, 11) is 0. The maximum absolute atomic E-state index is 12.8. The van der Waals surface area contributed by atoms with Crippen LogP contribution in [0.1, 0.15) is 37.3 Å². The summed E-state index contributed by atoms with van der Waals surface area (Å²) in [5.41, 5.74) is 3.11. The predicted molar refractivity (Wildman–Crippen MR) is 105 cm³/mol. The number of hydrogen-bond donors (Lipinski definition) is 1. The number of hydrogen-bond acceptors (Lipinski definition) is 4. The summed E-state index contributed by atoms with van der Waals surface area (Å²) in [6.07, 6.45) is 2.30. The molecular weight excluding hydrogens is 356 g/mol. The first-order valence-corrected chi connectivity index (χ1v) is 9.67. The molecule has 1 atom stereocenters. The highest BCUT2D eigenvalue weighted by Crippen LogP contribution is 2.33. The molecule has 0 saturated carbocycles. The Morgan fingerprint density at radius 3 is 2.82 bits per heavy atom. The molecule has 1 N–H and O–H groups in total. The molecule has 2 amide bonds. The van der Waals surface area contributed by atoms with E-state index in [1.54, 1.807) is 0 Å². The fourth-order valence-electron chi connectivity index (χ4n) is 3.75. The number of para-hydroxylation sites is 1. The summed E-state index contributed by atoms with van der Waals surface area (Å²) >= 11 is 0. The third-order valence-corrected chi connectivity index (χ3v) is 5.28. The zero-order chi connectivity index (χ0) is 19.5. The number of anilines is 1. The minimum atomic E-state index is -0.135. The number of rotatable bonds is 5. The lowest BCUT2D eigenvalue weighted by Crippen LogP contribution is -2.42. The van der Waals surface area contributed by atoms with Gasteiger partial charge in [0.25, 0.3) is 0 Å². The minimum Gasteiger partial charge on any atom is -0.454 e. The Balaban J connectivity index is 1.30. The van der Waals surface area contributed by atoms with Crippen LogP contribution in [0.5, 0.6) is 11.5 Å². The van der Waals surface area contributed by atoms with E-state index in [0.717, 1.165) is 29.8 Å². The summed E-state index contributed by atoms with van der Waals surface area (Å²) in [6, 6.07) is 13.8. The minimum absolute atomic E-state index is 0.00196. The smallest absolute Gasteiger partial charge is 0.231 e. The molecule has 0 aliphatic carbocycles. The highest BCUT2D eigenvalue weighted by molar-refractivity contribution is 5.97. The Kier molecular flexibility index (Phi) is 5.19. The summed E-state index contributed by atoms with van der Waals surface area (Å²) in [5, 5.41) is 2.87. The number of carbonyl (C=O) groups excluding carboxylic acids is 2. The van der Waals surface area contributed by atoms with Crippen LogP contribution < -0.4 is 19.7 Å². The second-order valence-corrected chi connectivity index (χ2v) is 7.24. The van der Waals surface area contributed by atoms with Crippen molar-refractivity contribution in [3.05, 3.63) is 53.6 Å². The Morgan fingerprint density at radius 1 is 1.11 bits per heavy atom. The molecule has 2 heterocycles. The van der Waals surface area contributed by atoms with E-state index < -0.39 is 0 Å². The Hall–Kier alpha value is -3.02. The topological polar surface area (TPSA) is 67.9 Å². The molecule has 0 spiro atoms. The van der Waals surface area contributed by atoms with Crippen LogP contribution in [0.3, 0.4) is 0 Å². The molecule has 4 rings (SSSR count). The number of ether oxygens (including phenoxy) is 2. The van der Waals surface area contributed by atoms with Gasteiger partial charge in [-0.15, -0.1) is 0 Å². The molecule has 2 aromatic carbocycles. The standard InChI is InChI=1S/C22H24N2O4/c1-15-6-8-17-4-2-3-5-18(17)24(15)22(26)11-10-21(25)23-13-16-7-9-19-20(12-16)28-14-27-19/h2-5,7,9,12,15H,6,8,10-11,13-14H2,1H3,(H,23,25)/t15-/m1/s1. The van der Waals surface area contributed by atoms with E-state index in [1.165, 1.54) is 5.56 Å². The number of nitrogens with one attached hydrogen (secondary N) is 1. The number of benzene rings is 2. The van der Waals surface area contributed by atoms with Crippen molar-refractivity contribution in [2.45, 2.75) is 45.2 Å². The molecule has 6 heteroatoms. The van der Waals surface area contributed by atoms with Gasteiger partial charge in [0.05, 0.1) is 0 Å². The zero-order valence-corrected chi connectivity index (χ0v) is 15.9. The molecule has 28 heavy (non-hydrogen) atoms. The maximum atomic E-state index is 12.8. The molecule has 146 valence electrons. The fourth-order valence-corrected chi connectivity index (χ4v) is 3.75. The van der Waals surface area contributed by atoms with Crippen molar-refractivity contribution >= 4 is 17.5 Å². The van der Waals surface area contributed by atoms with Crippen LogP contribution in [-0.4, -0.2) is 24.6 Å². The molecular formula is C22H24N2O4. The van der Waals surface area contributed by atoms with E-state index in [9.17, 15) is 9.59 Å². The molecule has 6 nitrogen and oxygen atoms in total. The predicted octanol–water partition coefficient (Wildman–Crippen LogP) is 3.18. The van der Waals surface area contributed by atoms with Gasteiger partial charge in [0, 0.05) is 31.1 Å². The molecule has 0 unspecified atom stereocenters. The lowest BCUT2D eigenvalue weighted by Gasteiger charge is -2.35. The van der Waals surface area contributed by atoms with Gasteiger partial charge in [0.2, 0.25) is 18.6 Å². The van der Waals surface area contributed by atoms with Gasteiger partial charge in [-0.3, -0.25) is 9.59 Å². The number of aryl methyl sites for hydroxylation is 1. The van der Waals surface area contributed by atoms with Crippen LogP contribution >= 0.6 is 0 Å². The van der Waals surface area contributed by atoms with Crippen LogP contribution in [0.25, 0.3) is 0 Å². The maximum Gasteiger partial charge on any atom is 0.231 e. The number of carbonyl (C=O) groups is 2. The van der Waals surface area contributed by atoms with Crippen molar-refractivity contribution in [3.63, 3.8) is 0 Å². The normalized spacial score (nSPS) is 17.2. The highest BCUT2D eigenvalue weighted by atomic mass is 16.7. The van der Waals surface area contributed by atoms with Crippen molar-refractivity contribution in [3.8, 4) is 11.5 Å². The van der Waals surface area contributed by atoms with Gasteiger partial charge in [-0.05, 0) is 49.1 Å². The van der Waals surface area contributed by atoms with Gasteiger partial charge in [0.15, 0.2) is 11.5 Å². The van der Waals surface area contributed by atoms with Crippen molar-refractivity contribution in [1.29, 1.82) is 0 Å². The van der Waals surface area contributed by atoms with Gasteiger partial charge in [-0.1, -0.05) is 24.3 Å². The summed E-state index contributed by atoms with van der Waals surface area (Å²) in [4.78, 5) is 26.9. The van der Waals surface area contributed by atoms with Crippen LogP contribution in [0.2, 0.25) is 0 Å². The first-order chi connectivity index (χ1) is 13.6. The van der Waals surface area contributed by atoms with Gasteiger partial charge in [0.1, 0.15) is 0 Å². The summed E-state index contributed by atoms with van der Waals surface area (Å²) < 4.78 is 10.6. The van der Waals surface area contributed by atoms with E-state index in [4.69, 9.17) is 9.47 Å². The van der Waals surface area contributed by atoms with Crippen LogP contribution in [0.15, 0.2) is 42.5 Å². The first kappa shape index (κ1) is 18.3. The quantitative estimate of drug-likeness (QED) is 0.865. The molecule has 0 fully saturated rings. The van der Waals surface area contributed by atoms with E-state index in [1.807, 2.05) is 41.3 Å². The fraction of sp³-hybridized carbons (Fsp3) is 0.364. The van der Waals surface area contributed by atoms with Crippen LogP contribution in [0, 0.1) is 0 Å². The average molecular weight is 380 g/mol. The third-order valence-electron chi connectivity index (χ3n) is 5.28. The average Bonchev–Trinajstić information content (AvgIpc) is 3.18. The molecule has 0 radical (unpaired) electrons. The molecule has 2 aromatic rings. The van der Waals surface area contributed by atoms with Gasteiger partial charge in [-0.25, -0.2) is 0 Å². The summed E-state index contributed by atoms with van der Waals surface area (Å²) in [6.45, 7) is 2.69. The Labute approximate surface area is 164 Å². The largest absolute Gasteiger partial charge is 0.454 e. The van der Waals surface area contributed by atoms with E-state index in [-0.39, 0.29) is 37.5 Å². The lowest BCUT2D eigenvalue weighted by molar-refractivity contribution is -0.125. The molecule has 2 aliphatic rings. The first-order valence-electron chi connectivity index (χ1n) is 9.67. The lowest BCUT2D eigenvalue weighted by atomic mass is 9.96. The zero-order valence-electron chi connectivity index (χ0n) is 15.9. The SMILES string of the molecule is C[C@@H]1CCc2ccccc2N1C(=O)CCC(=O)NCc1ccc2c(c1)OCO2. The number of nitrogens with zero attached hydrogens (tertiary/aromatic N) is 1. The molecule has 0 saturated heterocycles. The Bertz CT molecular complexity index is 896. The monoisotopic (exact) mass is 380 g/mol. The highest BCUT2D eigenvalue weighted by Gasteiger charge is 2.27. The molecule has 0 aromatic heterocycles. The van der Waals surface area contributed by atoms with Crippen LogP contribution in [-0.2, 0) is 22.6 Å². The summed E-state index contributed by atoms with van der Waals surface area (Å²) in [5.74, 6) is 1.28. The van der Waals surface area contributed by atoms with Gasteiger partial charge in [-0.2, -0.15) is 0 Å². The number of amides is 2. The van der Waals surface area contributed by atoms with Crippen molar-refractivity contribution < 1.29 is 19.1 Å². The van der Waals surface area contributed by atoms with Gasteiger partial charge >= 0.3 is 0 Å². The molecule has 2 aliphatic heterocycles. The third kappa shape index (κ3) is 3.81. The second kappa shape index (κ2) is 7.92. The molecule has 0 bridgehead atoms. The van der Waals surface area contributed by atoms with Crippen molar-refractivity contribution in [1.82, 2.24) is 5.32 Å². The van der Waals surface area contributed by atoms with Crippen molar-refractivity contribution in [2.24, 2.45) is 0 Å². The van der Waals surface area contributed by atoms with E-state index >= 15 is 0 Å². The Morgan fingerprint density at radius 2 is 1.93 bits per heavy atom. The van der Waals surface area contributed by atoms with E-state index in [2.05, 4.69) is 18.3 Å². The van der Waals surface area contributed by atoms with Crippen LogP contribution in [0.4, 0.5) is 5.69 Å². The van der Waals surface area contributed by atoms with Gasteiger partial charge < -0.3 is 19.7 Å². The number of fused-ring (bicyclic) bond motifs is 2. The van der Waals surface area contributed by atoms with Crippen molar-refractivity contribution in [2.75, 3.05) is 11.7 Å². The second-order valence-electron chi connectivity index (χ2n) is 7.24. The van der Waals surface area contributed by atoms with E-state index in [0.29, 0.717) is 12.3 Å².